The van der Waals surface area contributed by atoms with Gasteiger partial charge in [0.1, 0.15) is 5.75 Å². The maximum Gasteiger partial charge on any atom is 0.242 e. The number of nitrogens with zero attached hydrogens (tertiary/aromatic N) is 2. The summed E-state index contributed by atoms with van der Waals surface area (Å²) in [6.45, 7) is 2.25. The van der Waals surface area contributed by atoms with E-state index in [1.165, 1.54) is 4.90 Å². The Bertz CT molecular complexity index is 1050. The van der Waals surface area contributed by atoms with Gasteiger partial charge in [-0.15, -0.1) is 11.8 Å². The van der Waals surface area contributed by atoms with E-state index in [4.69, 9.17) is 9.57 Å². The highest BCUT2D eigenvalue weighted by molar-refractivity contribution is 8.00. The largest absolute Gasteiger partial charge is 0.497 e. The summed E-state index contributed by atoms with van der Waals surface area (Å²) < 4.78 is 5.37. The molecular formula is C24H22N2O2S. The van der Waals surface area contributed by atoms with Crippen LogP contribution in [-0.4, -0.2) is 18.2 Å². The van der Waals surface area contributed by atoms with Crippen molar-refractivity contribution < 1.29 is 9.57 Å². The number of rotatable bonds is 3. The van der Waals surface area contributed by atoms with Crippen molar-refractivity contribution in [3.63, 3.8) is 0 Å². The number of thioether (sulfide) groups is 1. The molecule has 2 atom stereocenters. The van der Waals surface area contributed by atoms with Gasteiger partial charge in [0.05, 0.1) is 12.8 Å². The number of anilines is 1. The van der Waals surface area contributed by atoms with E-state index in [2.05, 4.69) is 65.5 Å². The number of ether oxygens (including phenoxy) is 1. The summed E-state index contributed by atoms with van der Waals surface area (Å²) in [5.41, 5.74) is 2.53. The number of benzene rings is 3. The van der Waals surface area contributed by atoms with Crippen LogP contribution in [-0.2, 0) is 10.6 Å². The molecule has 0 aliphatic carbocycles. The van der Waals surface area contributed by atoms with Crippen LogP contribution < -0.4 is 9.64 Å². The van der Waals surface area contributed by atoms with E-state index in [0.29, 0.717) is 5.25 Å². The maximum atomic E-state index is 6.34. The first-order valence-corrected chi connectivity index (χ1v) is 10.6. The van der Waals surface area contributed by atoms with Crippen LogP contribution >= 0.6 is 11.8 Å². The normalized spacial score (nSPS) is 22.8. The Morgan fingerprint density at radius 1 is 1.00 bits per heavy atom. The molecule has 2 unspecified atom stereocenters. The fraction of sp³-hybridized carbons (Fsp3) is 0.208. The van der Waals surface area contributed by atoms with Gasteiger partial charge in [-0.3, -0.25) is 4.90 Å². The molecule has 0 spiro atoms. The zero-order chi connectivity index (χ0) is 19.8. The quantitative estimate of drug-likeness (QED) is 0.568. The second kappa shape index (κ2) is 7.16. The molecule has 0 saturated heterocycles. The molecule has 0 N–H and O–H groups in total. The molecule has 2 aliphatic rings. The second-order valence-corrected chi connectivity index (χ2v) is 8.80. The van der Waals surface area contributed by atoms with E-state index in [0.717, 1.165) is 34.8 Å². The number of para-hydroxylation sites is 1. The minimum Gasteiger partial charge on any atom is -0.497 e. The Labute approximate surface area is 175 Å². The molecule has 0 radical (unpaired) electrons. The van der Waals surface area contributed by atoms with Gasteiger partial charge in [-0.25, -0.2) is 0 Å². The van der Waals surface area contributed by atoms with Gasteiger partial charge in [0.2, 0.25) is 5.72 Å². The van der Waals surface area contributed by atoms with Crippen LogP contribution in [0.1, 0.15) is 24.5 Å². The number of hydrogen-bond donors (Lipinski definition) is 0. The van der Waals surface area contributed by atoms with Gasteiger partial charge in [0.15, 0.2) is 5.84 Å². The summed E-state index contributed by atoms with van der Waals surface area (Å²) in [5, 5.41) is 4.97. The SMILES string of the molecule is COc1ccc(C23CC(C)Sc4ccccc4N2C(c2ccccc2)=NO3)cc1. The summed E-state index contributed by atoms with van der Waals surface area (Å²) in [5.74, 6) is 1.67. The third kappa shape index (κ3) is 2.97. The van der Waals surface area contributed by atoms with E-state index in [1.54, 1.807) is 7.11 Å². The van der Waals surface area contributed by atoms with Gasteiger partial charge in [-0.05, 0) is 36.4 Å². The van der Waals surface area contributed by atoms with Crippen LogP contribution in [0.15, 0.2) is 88.9 Å². The van der Waals surface area contributed by atoms with Crippen LogP contribution in [0.2, 0.25) is 0 Å². The fourth-order valence-corrected chi connectivity index (χ4v) is 5.30. The number of fused-ring (bicyclic) bond motifs is 3. The van der Waals surface area contributed by atoms with Gasteiger partial charge in [-0.2, -0.15) is 0 Å². The zero-order valence-electron chi connectivity index (χ0n) is 16.4. The van der Waals surface area contributed by atoms with E-state index in [9.17, 15) is 0 Å². The highest BCUT2D eigenvalue weighted by Crippen LogP contribution is 2.51. The standard InChI is InChI=1S/C24H22N2O2S/c1-17-16-24(19-12-14-20(27-2)15-13-19)26(21-10-6-7-11-22(21)29-17)23(25-28-24)18-8-4-3-5-9-18/h3-15,17H,16H2,1-2H3. The highest BCUT2D eigenvalue weighted by Gasteiger charge is 2.52. The van der Waals surface area contributed by atoms with E-state index in [1.807, 2.05) is 42.1 Å². The first-order valence-electron chi connectivity index (χ1n) is 9.73. The van der Waals surface area contributed by atoms with Crippen LogP contribution in [0.3, 0.4) is 0 Å². The number of oxime groups is 1. The van der Waals surface area contributed by atoms with Gasteiger partial charge in [0, 0.05) is 27.7 Å². The summed E-state index contributed by atoms with van der Waals surface area (Å²) in [7, 11) is 1.68. The monoisotopic (exact) mass is 402 g/mol. The van der Waals surface area contributed by atoms with E-state index in [-0.39, 0.29) is 0 Å². The Morgan fingerprint density at radius 2 is 1.72 bits per heavy atom. The zero-order valence-corrected chi connectivity index (χ0v) is 17.2. The molecule has 3 aromatic rings. The Hall–Kier alpha value is -2.92. The van der Waals surface area contributed by atoms with Crippen molar-refractivity contribution >= 4 is 23.3 Å². The smallest absolute Gasteiger partial charge is 0.242 e. The average molecular weight is 403 g/mol. The first-order chi connectivity index (χ1) is 14.2. The topological polar surface area (TPSA) is 34.1 Å². The lowest BCUT2D eigenvalue weighted by Crippen LogP contribution is -2.47. The minimum atomic E-state index is -0.698. The molecule has 4 nitrogen and oxygen atoms in total. The number of methoxy groups -OCH3 is 1. The fourth-order valence-electron chi connectivity index (χ4n) is 4.12. The molecule has 0 amide bonds. The maximum absolute atomic E-state index is 6.34. The molecule has 5 heteroatoms. The van der Waals surface area contributed by atoms with Crippen molar-refractivity contribution in [2.45, 2.75) is 29.2 Å². The van der Waals surface area contributed by atoms with Gasteiger partial charge in [-0.1, -0.05) is 54.5 Å². The molecular weight excluding hydrogens is 380 g/mol. The molecule has 3 aromatic carbocycles. The van der Waals surface area contributed by atoms with Crippen LogP contribution in [0, 0.1) is 0 Å². The Kier molecular flexibility index (Phi) is 4.47. The number of amidine groups is 1. The van der Waals surface area contributed by atoms with Crippen LogP contribution in [0.25, 0.3) is 0 Å². The summed E-state index contributed by atoms with van der Waals surface area (Å²) in [4.78, 5) is 9.85. The van der Waals surface area contributed by atoms with Crippen molar-refractivity contribution in [1.82, 2.24) is 0 Å². The lowest BCUT2D eigenvalue weighted by molar-refractivity contribution is -0.0274. The third-order valence-electron chi connectivity index (χ3n) is 5.43. The molecule has 0 bridgehead atoms. The van der Waals surface area contributed by atoms with Gasteiger partial charge >= 0.3 is 0 Å². The van der Waals surface area contributed by atoms with Crippen LogP contribution in [0.5, 0.6) is 5.75 Å². The lowest BCUT2D eigenvalue weighted by atomic mass is 9.94. The predicted octanol–water partition coefficient (Wildman–Crippen LogP) is 5.63. The third-order valence-corrected chi connectivity index (χ3v) is 6.60. The summed E-state index contributed by atoms with van der Waals surface area (Å²) >= 11 is 1.89. The van der Waals surface area contributed by atoms with Crippen molar-refractivity contribution in [3.8, 4) is 5.75 Å². The molecule has 29 heavy (non-hydrogen) atoms. The van der Waals surface area contributed by atoms with Crippen LogP contribution in [0.4, 0.5) is 5.69 Å². The van der Waals surface area contributed by atoms with Gasteiger partial charge < -0.3 is 9.57 Å². The second-order valence-electron chi connectivity index (χ2n) is 7.32. The molecule has 0 fully saturated rings. The van der Waals surface area contributed by atoms with E-state index >= 15 is 0 Å². The van der Waals surface area contributed by atoms with E-state index < -0.39 is 5.72 Å². The Balaban J connectivity index is 1.72. The summed E-state index contributed by atoms with van der Waals surface area (Å²) in [6, 6.07) is 26.9. The van der Waals surface area contributed by atoms with Crippen molar-refractivity contribution in [3.05, 3.63) is 90.0 Å². The Morgan fingerprint density at radius 3 is 2.48 bits per heavy atom. The molecule has 2 aliphatic heterocycles. The van der Waals surface area contributed by atoms with Crippen molar-refractivity contribution in [1.29, 1.82) is 0 Å². The first kappa shape index (κ1) is 18.1. The molecule has 2 heterocycles. The van der Waals surface area contributed by atoms with Gasteiger partial charge in [0.25, 0.3) is 0 Å². The molecule has 5 rings (SSSR count). The van der Waals surface area contributed by atoms with Crippen molar-refractivity contribution in [2.75, 3.05) is 12.0 Å². The minimum absolute atomic E-state index is 0.355. The predicted molar refractivity (Wildman–Crippen MR) is 118 cm³/mol. The molecule has 146 valence electrons. The molecule has 0 saturated carbocycles. The highest BCUT2D eigenvalue weighted by atomic mass is 32.2. The lowest BCUT2D eigenvalue weighted by Gasteiger charge is -2.37. The summed E-state index contributed by atoms with van der Waals surface area (Å²) in [6.07, 6.45) is 0.804. The molecule has 0 aromatic heterocycles. The number of hydrogen-bond acceptors (Lipinski definition) is 5. The van der Waals surface area contributed by atoms with Crippen molar-refractivity contribution in [2.24, 2.45) is 5.16 Å². The average Bonchev–Trinajstić information content (AvgIpc) is 3.08.